The average Bonchev–Trinajstić information content (AvgIpc) is 3.10. The van der Waals surface area contributed by atoms with Crippen LogP contribution in [0.3, 0.4) is 0 Å². The molecular weight excluding hydrogens is 553 g/mol. The molecule has 0 N–H and O–H groups in total. The lowest BCUT2D eigenvalue weighted by Crippen LogP contribution is -1.86. The van der Waals surface area contributed by atoms with Crippen LogP contribution >= 0.6 is 0 Å². The molecule has 0 aromatic heterocycles. The van der Waals surface area contributed by atoms with Crippen molar-refractivity contribution in [2.75, 3.05) is 0 Å². The number of aryl methyl sites for hydroxylation is 2. The summed E-state index contributed by atoms with van der Waals surface area (Å²) in [4.78, 5) is 0. The third-order valence-corrected chi connectivity index (χ3v) is 9.41. The number of hydrogen-bond acceptors (Lipinski definition) is 0. The highest BCUT2D eigenvalue weighted by atomic mass is 14.1. The Bertz CT molecular complexity index is 1790. The Hall–Kier alpha value is -4.42. The molecule has 0 heteroatoms. The van der Waals surface area contributed by atoms with Gasteiger partial charge in [-0.1, -0.05) is 174 Å². The van der Waals surface area contributed by atoms with Crippen molar-refractivity contribution >= 4 is 56.6 Å². The fourth-order valence-electron chi connectivity index (χ4n) is 6.62. The van der Waals surface area contributed by atoms with Crippen molar-refractivity contribution in [2.45, 2.75) is 78.1 Å². The van der Waals surface area contributed by atoms with E-state index in [-0.39, 0.29) is 0 Å². The minimum Gasteiger partial charge on any atom is -0.0654 e. The Morgan fingerprint density at radius 1 is 0.348 bits per heavy atom. The standard InChI is InChI=1S/C46H48/c1-3-5-7-9-11-35-13-17-37(18-14-35)21-23-39-25-29-43-41(33-39)27-31-46-44-30-26-40(34-42(44)28-32-45(43)46)24-22-38-19-15-36(16-20-38)12-10-8-6-4-2/h13-34H,3-12H2,1-2H3/b23-21+,24-22+. The summed E-state index contributed by atoms with van der Waals surface area (Å²) in [6, 6.07) is 41.0. The molecule has 6 rings (SSSR count). The molecule has 0 saturated heterocycles. The zero-order valence-electron chi connectivity index (χ0n) is 27.8. The highest BCUT2D eigenvalue weighted by molar-refractivity contribution is 6.17. The molecule has 0 saturated carbocycles. The summed E-state index contributed by atoms with van der Waals surface area (Å²) < 4.78 is 0. The Kier molecular flexibility index (Phi) is 10.8. The van der Waals surface area contributed by atoms with Gasteiger partial charge in [-0.2, -0.15) is 0 Å². The maximum Gasteiger partial charge on any atom is -0.00990 e. The van der Waals surface area contributed by atoms with Crippen LogP contribution in [0.25, 0.3) is 56.6 Å². The largest absolute Gasteiger partial charge is 0.0654 e. The molecule has 0 aliphatic heterocycles. The Morgan fingerprint density at radius 2 is 0.717 bits per heavy atom. The first-order valence-corrected chi connectivity index (χ1v) is 17.6. The lowest BCUT2D eigenvalue weighted by molar-refractivity contribution is 0.667. The van der Waals surface area contributed by atoms with Crippen LogP contribution in [0.5, 0.6) is 0 Å². The lowest BCUT2D eigenvalue weighted by atomic mass is 9.95. The van der Waals surface area contributed by atoms with E-state index in [1.54, 1.807) is 0 Å². The summed E-state index contributed by atoms with van der Waals surface area (Å²) in [5, 5.41) is 7.80. The van der Waals surface area contributed by atoms with E-state index in [1.165, 1.54) is 130 Å². The Balaban J connectivity index is 1.14. The molecule has 0 heterocycles. The molecule has 0 bridgehead atoms. The normalized spacial score (nSPS) is 12.0. The highest BCUT2D eigenvalue weighted by Crippen LogP contribution is 2.33. The van der Waals surface area contributed by atoms with E-state index in [0.717, 1.165) is 0 Å². The van der Waals surface area contributed by atoms with Crippen molar-refractivity contribution in [1.29, 1.82) is 0 Å². The van der Waals surface area contributed by atoms with Crippen LogP contribution in [0.1, 0.15) is 98.6 Å². The molecule has 46 heavy (non-hydrogen) atoms. The molecule has 0 unspecified atom stereocenters. The Morgan fingerprint density at radius 3 is 1.13 bits per heavy atom. The van der Waals surface area contributed by atoms with E-state index in [9.17, 15) is 0 Å². The van der Waals surface area contributed by atoms with Crippen LogP contribution in [0, 0.1) is 0 Å². The van der Waals surface area contributed by atoms with E-state index < -0.39 is 0 Å². The van der Waals surface area contributed by atoms with Crippen molar-refractivity contribution < 1.29 is 0 Å². The first-order chi connectivity index (χ1) is 22.7. The first-order valence-electron chi connectivity index (χ1n) is 17.6. The van der Waals surface area contributed by atoms with Gasteiger partial charge in [0.1, 0.15) is 0 Å². The number of unbranched alkanes of at least 4 members (excludes halogenated alkanes) is 6. The van der Waals surface area contributed by atoms with Gasteiger partial charge in [-0.3, -0.25) is 0 Å². The molecule has 0 radical (unpaired) electrons. The van der Waals surface area contributed by atoms with Gasteiger partial charge in [0, 0.05) is 0 Å². The van der Waals surface area contributed by atoms with Crippen molar-refractivity contribution in [2.24, 2.45) is 0 Å². The van der Waals surface area contributed by atoms with E-state index in [2.05, 4.69) is 147 Å². The summed E-state index contributed by atoms with van der Waals surface area (Å²) in [6.07, 6.45) is 21.8. The minimum absolute atomic E-state index is 1.18. The van der Waals surface area contributed by atoms with Crippen molar-refractivity contribution in [3.63, 3.8) is 0 Å². The molecular formula is C46H48. The summed E-state index contributed by atoms with van der Waals surface area (Å²) in [7, 11) is 0. The monoisotopic (exact) mass is 600 g/mol. The second kappa shape index (κ2) is 15.7. The second-order valence-corrected chi connectivity index (χ2v) is 13.0. The van der Waals surface area contributed by atoms with Crippen LogP contribution in [-0.2, 0) is 12.8 Å². The molecule has 0 fully saturated rings. The fraction of sp³-hybridized carbons (Fsp3) is 0.261. The zero-order valence-corrected chi connectivity index (χ0v) is 27.8. The van der Waals surface area contributed by atoms with E-state index in [4.69, 9.17) is 0 Å². The molecule has 0 spiro atoms. The maximum absolute atomic E-state index is 2.31. The van der Waals surface area contributed by atoms with Crippen LogP contribution in [0.4, 0.5) is 0 Å². The molecule has 6 aromatic carbocycles. The molecule has 0 amide bonds. The maximum atomic E-state index is 2.31. The number of benzene rings is 6. The third kappa shape index (κ3) is 8.04. The van der Waals surface area contributed by atoms with Gasteiger partial charge in [0.15, 0.2) is 0 Å². The van der Waals surface area contributed by atoms with Gasteiger partial charge < -0.3 is 0 Å². The van der Waals surface area contributed by atoms with Crippen LogP contribution in [0.15, 0.2) is 109 Å². The zero-order chi connectivity index (χ0) is 31.6. The smallest absolute Gasteiger partial charge is 0.00990 e. The SMILES string of the molecule is CCCCCCc1ccc(/C=C/c2ccc3c(ccc4c5ccc(/C=C/c6ccc(CCCCCC)cc6)cc5ccc34)c2)cc1. The van der Waals surface area contributed by atoms with Gasteiger partial charge in [-0.15, -0.1) is 0 Å². The summed E-state index contributed by atoms with van der Waals surface area (Å²) in [5.74, 6) is 0. The molecule has 232 valence electrons. The molecule has 0 atom stereocenters. The van der Waals surface area contributed by atoms with Gasteiger partial charge in [0.05, 0.1) is 0 Å². The summed E-state index contributed by atoms with van der Waals surface area (Å²) in [5.41, 5.74) is 7.86. The van der Waals surface area contributed by atoms with Crippen LogP contribution < -0.4 is 0 Å². The molecule has 0 aliphatic carbocycles. The second-order valence-electron chi connectivity index (χ2n) is 13.0. The van der Waals surface area contributed by atoms with E-state index in [0.29, 0.717) is 0 Å². The van der Waals surface area contributed by atoms with Crippen LogP contribution in [0.2, 0.25) is 0 Å². The summed E-state index contributed by atoms with van der Waals surface area (Å²) >= 11 is 0. The van der Waals surface area contributed by atoms with E-state index >= 15 is 0 Å². The molecule has 6 aromatic rings. The molecule has 0 nitrogen and oxygen atoms in total. The van der Waals surface area contributed by atoms with Gasteiger partial charge in [0.25, 0.3) is 0 Å². The predicted octanol–water partition coefficient (Wildman–Crippen LogP) is 13.7. The topological polar surface area (TPSA) is 0 Å². The number of rotatable bonds is 14. The van der Waals surface area contributed by atoms with E-state index in [1.807, 2.05) is 0 Å². The quantitative estimate of drug-likeness (QED) is 0.0663. The predicted molar refractivity (Wildman–Crippen MR) is 205 cm³/mol. The summed E-state index contributed by atoms with van der Waals surface area (Å²) in [6.45, 7) is 4.54. The molecule has 0 aliphatic rings. The average molecular weight is 601 g/mol. The minimum atomic E-state index is 1.18. The number of hydrogen-bond donors (Lipinski definition) is 0. The fourth-order valence-corrected chi connectivity index (χ4v) is 6.62. The lowest BCUT2D eigenvalue weighted by Gasteiger charge is -2.09. The third-order valence-electron chi connectivity index (χ3n) is 9.41. The first kappa shape index (κ1) is 31.6. The highest BCUT2D eigenvalue weighted by Gasteiger charge is 2.06. The van der Waals surface area contributed by atoms with Crippen molar-refractivity contribution in [3.05, 3.63) is 143 Å². The van der Waals surface area contributed by atoms with Crippen molar-refractivity contribution in [3.8, 4) is 0 Å². The van der Waals surface area contributed by atoms with Gasteiger partial charge in [0.2, 0.25) is 0 Å². The van der Waals surface area contributed by atoms with Gasteiger partial charge >= 0.3 is 0 Å². The van der Waals surface area contributed by atoms with Crippen LogP contribution in [-0.4, -0.2) is 0 Å². The van der Waals surface area contributed by atoms with Gasteiger partial charge in [-0.25, -0.2) is 0 Å². The van der Waals surface area contributed by atoms with Crippen molar-refractivity contribution in [1.82, 2.24) is 0 Å². The van der Waals surface area contributed by atoms with Gasteiger partial charge in [-0.05, 0) is 104 Å². The Labute approximate surface area is 276 Å². The number of fused-ring (bicyclic) bond motifs is 5.